The van der Waals surface area contributed by atoms with Crippen LogP contribution in [0.3, 0.4) is 0 Å². The molecule has 5 heteroatoms. The lowest BCUT2D eigenvalue weighted by molar-refractivity contribution is -0.0373. The van der Waals surface area contributed by atoms with E-state index in [-0.39, 0.29) is 11.7 Å². The summed E-state index contributed by atoms with van der Waals surface area (Å²) in [6.45, 7) is 4.25. The van der Waals surface area contributed by atoms with Crippen molar-refractivity contribution < 1.29 is 19.0 Å². The van der Waals surface area contributed by atoms with Crippen molar-refractivity contribution >= 4 is 5.70 Å². The van der Waals surface area contributed by atoms with Gasteiger partial charge in [-0.05, 0) is 56.4 Å². The van der Waals surface area contributed by atoms with Gasteiger partial charge in [0.05, 0.1) is 25.0 Å². The Morgan fingerprint density at radius 1 is 1.14 bits per heavy atom. The average molecular weight is 388 g/mol. The second-order valence-corrected chi connectivity index (χ2v) is 8.22. The lowest BCUT2D eigenvalue weighted by atomic mass is 10.0. The summed E-state index contributed by atoms with van der Waals surface area (Å²) in [6, 6.07) is 6.22. The number of nitrogens with one attached hydrogen (secondary N) is 1. The molecule has 0 radical (unpaired) electrons. The summed E-state index contributed by atoms with van der Waals surface area (Å²) in [5.74, 6) is 1.70. The molecule has 3 aliphatic rings. The van der Waals surface area contributed by atoms with E-state index in [0.29, 0.717) is 6.61 Å². The molecule has 0 aromatic heterocycles. The second kappa shape index (κ2) is 9.19. The van der Waals surface area contributed by atoms with Crippen LogP contribution in [-0.4, -0.2) is 31.5 Å². The van der Waals surface area contributed by atoms with Crippen molar-refractivity contribution in [1.82, 2.24) is 5.48 Å². The number of rotatable bonds is 7. The Hall–Kier alpha value is -1.72. The monoisotopic (exact) mass is 387 g/mol. The van der Waals surface area contributed by atoms with Gasteiger partial charge in [0.1, 0.15) is 5.60 Å². The van der Waals surface area contributed by atoms with Gasteiger partial charge < -0.3 is 14.2 Å². The van der Waals surface area contributed by atoms with Crippen molar-refractivity contribution in [2.75, 3.05) is 19.8 Å². The van der Waals surface area contributed by atoms with Crippen LogP contribution < -0.4 is 15.0 Å². The van der Waals surface area contributed by atoms with Crippen LogP contribution in [-0.2, 0) is 9.57 Å². The van der Waals surface area contributed by atoms with Crippen molar-refractivity contribution in [3.63, 3.8) is 0 Å². The fourth-order valence-corrected chi connectivity index (χ4v) is 4.13. The highest BCUT2D eigenvalue weighted by Gasteiger charge is 2.39. The van der Waals surface area contributed by atoms with Gasteiger partial charge in [-0.15, -0.1) is 0 Å². The van der Waals surface area contributed by atoms with E-state index in [1.165, 1.54) is 25.7 Å². The molecular formula is C23H33NO4. The minimum Gasteiger partial charge on any atom is -0.490 e. The van der Waals surface area contributed by atoms with Gasteiger partial charge in [0, 0.05) is 18.6 Å². The van der Waals surface area contributed by atoms with E-state index in [0.717, 1.165) is 68.1 Å². The average Bonchev–Trinajstić information content (AvgIpc) is 3.27. The minimum absolute atomic E-state index is 0.280. The third-order valence-corrected chi connectivity index (χ3v) is 5.89. The second-order valence-electron chi connectivity index (χ2n) is 8.22. The Labute approximate surface area is 168 Å². The number of hydrogen-bond donors (Lipinski definition) is 1. The lowest BCUT2D eigenvalue weighted by Crippen LogP contribution is -2.29. The van der Waals surface area contributed by atoms with Gasteiger partial charge in [0.15, 0.2) is 11.5 Å². The first-order valence-corrected chi connectivity index (χ1v) is 11.0. The third-order valence-electron chi connectivity index (χ3n) is 5.89. The Kier molecular flexibility index (Phi) is 6.43. The molecule has 5 nitrogen and oxygen atoms in total. The number of unbranched alkanes of at least 4 members (excludes halogenated alkanes) is 1. The van der Waals surface area contributed by atoms with Crippen LogP contribution in [0.2, 0.25) is 0 Å². The summed E-state index contributed by atoms with van der Waals surface area (Å²) in [7, 11) is 0. The maximum Gasteiger partial charge on any atom is 0.162 e. The SMILES string of the molecule is CCCCOc1ccc(C2=CC3(CCOC3)ON2)cc1OC1CCCCCC1. The summed E-state index contributed by atoms with van der Waals surface area (Å²) in [4.78, 5) is 5.84. The molecule has 1 saturated heterocycles. The van der Waals surface area contributed by atoms with Crippen LogP contribution in [0.25, 0.3) is 5.70 Å². The van der Waals surface area contributed by atoms with Crippen LogP contribution >= 0.6 is 0 Å². The fourth-order valence-electron chi connectivity index (χ4n) is 4.13. The number of ether oxygens (including phenoxy) is 3. The summed E-state index contributed by atoms with van der Waals surface area (Å²) in [5.41, 5.74) is 4.83. The first-order chi connectivity index (χ1) is 13.8. The van der Waals surface area contributed by atoms with Gasteiger partial charge in [-0.2, -0.15) is 0 Å². The summed E-state index contributed by atoms with van der Waals surface area (Å²) >= 11 is 0. The zero-order valence-corrected chi connectivity index (χ0v) is 17.0. The number of hydrogen-bond acceptors (Lipinski definition) is 5. The Morgan fingerprint density at radius 2 is 2.00 bits per heavy atom. The predicted molar refractivity (Wildman–Crippen MR) is 109 cm³/mol. The zero-order chi connectivity index (χ0) is 19.2. The largest absolute Gasteiger partial charge is 0.490 e. The molecule has 1 aromatic rings. The van der Waals surface area contributed by atoms with Gasteiger partial charge in [-0.25, -0.2) is 0 Å². The highest BCUT2D eigenvalue weighted by Crippen LogP contribution is 2.37. The fraction of sp³-hybridized carbons (Fsp3) is 0.652. The quantitative estimate of drug-likeness (QED) is 0.527. The molecule has 1 atom stereocenters. The summed E-state index contributed by atoms with van der Waals surface area (Å²) in [5, 5.41) is 0. The zero-order valence-electron chi connectivity index (χ0n) is 17.0. The van der Waals surface area contributed by atoms with Crippen molar-refractivity contribution in [2.24, 2.45) is 0 Å². The molecule has 4 rings (SSSR count). The van der Waals surface area contributed by atoms with Crippen molar-refractivity contribution in [3.05, 3.63) is 29.8 Å². The van der Waals surface area contributed by atoms with Crippen LogP contribution in [0.1, 0.15) is 70.3 Å². The van der Waals surface area contributed by atoms with Crippen molar-refractivity contribution in [2.45, 2.75) is 76.4 Å². The maximum absolute atomic E-state index is 6.47. The van der Waals surface area contributed by atoms with Crippen molar-refractivity contribution in [1.29, 1.82) is 0 Å². The van der Waals surface area contributed by atoms with Crippen molar-refractivity contribution in [3.8, 4) is 11.5 Å². The van der Waals surface area contributed by atoms with E-state index >= 15 is 0 Å². The molecule has 1 aromatic carbocycles. The van der Waals surface area contributed by atoms with E-state index in [9.17, 15) is 0 Å². The van der Waals surface area contributed by atoms with E-state index < -0.39 is 0 Å². The van der Waals surface area contributed by atoms with Gasteiger partial charge >= 0.3 is 0 Å². The molecule has 1 unspecified atom stereocenters. The molecule has 0 amide bonds. The highest BCUT2D eigenvalue weighted by molar-refractivity contribution is 5.68. The molecule has 154 valence electrons. The lowest BCUT2D eigenvalue weighted by Gasteiger charge is -2.20. The van der Waals surface area contributed by atoms with Gasteiger partial charge in [-0.1, -0.05) is 26.2 Å². The first kappa shape index (κ1) is 19.6. The summed E-state index contributed by atoms with van der Waals surface area (Å²) in [6.07, 6.45) is 12.9. The molecule has 1 N–H and O–H groups in total. The van der Waals surface area contributed by atoms with Crippen LogP contribution in [0.5, 0.6) is 11.5 Å². The molecule has 0 bridgehead atoms. The van der Waals surface area contributed by atoms with Crippen LogP contribution in [0, 0.1) is 0 Å². The molecule has 1 saturated carbocycles. The van der Waals surface area contributed by atoms with E-state index in [4.69, 9.17) is 19.0 Å². The molecule has 2 aliphatic heterocycles. The molecule has 28 heavy (non-hydrogen) atoms. The number of benzene rings is 1. The molecular weight excluding hydrogens is 354 g/mol. The Bertz CT molecular complexity index is 673. The van der Waals surface area contributed by atoms with Crippen LogP contribution in [0.15, 0.2) is 24.3 Å². The van der Waals surface area contributed by atoms with Gasteiger partial charge in [0.25, 0.3) is 0 Å². The highest BCUT2D eigenvalue weighted by atomic mass is 16.7. The van der Waals surface area contributed by atoms with Crippen LogP contribution in [0.4, 0.5) is 0 Å². The molecule has 1 spiro atoms. The first-order valence-electron chi connectivity index (χ1n) is 11.0. The maximum atomic E-state index is 6.47. The summed E-state index contributed by atoms with van der Waals surface area (Å²) < 4.78 is 18.0. The standard InChI is InChI=1S/C23H33NO4/c1-2-3-13-26-21-11-10-18(20-16-23(28-24-20)12-14-25-17-23)15-22(21)27-19-8-6-4-5-7-9-19/h10-11,15-16,19,24H,2-9,12-14,17H2,1H3. The van der Waals surface area contributed by atoms with E-state index in [1.807, 2.05) is 6.07 Å². The van der Waals surface area contributed by atoms with E-state index in [2.05, 4.69) is 30.6 Å². The molecule has 1 aliphatic carbocycles. The molecule has 2 heterocycles. The smallest absolute Gasteiger partial charge is 0.162 e. The minimum atomic E-state index is -0.325. The van der Waals surface area contributed by atoms with E-state index in [1.54, 1.807) is 0 Å². The number of hydroxylamine groups is 1. The Balaban J connectivity index is 1.54. The van der Waals surface area contributed by atoms with Gasteiger partial charge in [-0.3, -0.25) is 10.3 Å². The topological polar surface area (TPSA) is 49.0 Å². The predicted octanol–water partition coefficient (Wildman–Crippen LogP) is 5.00. The third kappa shape index (κ3) is 4.64. The van der Waals surface area contributed by atoms with Gasteiger partial charge in [0.2, 0.25) is 0 Å². The molecule has 2 fully saturated rings. The normalized spacial score (nSPS) is 25.4. The Morgan fingerprint density at radius 3 is 2.75 bits per heavy atom.